The van der Waals surface area contributed by atoms with Gasteiger partial charge in [-0.3, -0.25) is 0 Å². The second-order valence-corrected chi connectivity index (χ2v) is 4.99. The number of rotatable bonds is 8. The van der Waals surface area contributed by atoms with E-state index >= 15 is 0 Å². The van der Waals surface area contributed by atoms with E-state index in [-0.39, 0.29) is 6.10 Å². The van der Waals surface area contributed by atoms with E-state index in [9.17, 15) is 0 Å². The maximum Gasteiger partial charge on any atom is 0.0704 e. The highest BCUT2D eigenvalue weighted by Crippen LogP contribution is 2.17. The van der Waals surface area contributed by atoms with Gasteiger partial charge in [0.25, 0.3) is 0 Å². The molecule has 3 nitrogen and oxygen atoms in total. The van der Waals surface area contributed by atoms with Crippen molar-refractivity contribution in [3.05, 3.63) is 0 Å². The molecule has 0 aromatic rings. The minimum absolute atomic E-state index is 0.288. The minimum atomic E-state index is 0.288. The normalized spacial score (nSPS) is 19.5. The Bertz CT molecular complexity index is 167. The molecule has 0 radical (unpaired) electrons. The van der Waals surface area contributed by atoms with Crippen molar-refractivity contribution >= 4 is 0 Å². The number of hydrogen-bond donors (Lipinski definition) is 1. The van der Waals surface area contributed by atoms with E-state index in [1.807, 2.05) is 13.8 Å². The molecule has 3 heteroatoms. The van der Waals surface area contributed by atoms with E-state index in [0.717, 1.165) is 12.6 Å². The van der Waals surface area contributed by atoms with Gasteiger partial charge in [-0.2, -0.15) is 0 Å². The van der Waals surface area contributed by atoms with E-state index in [1.165, 1.54) is 25.7 Å². The highest BCUT2D eigenvalue weighted by molar-refractivity contribution is 4.74. The molecule has 1 unspecified atom stereocenters. The molecular weight excluding hydrogens is 202 g/mol. The minimum Gasteiger partial charge on any atom is -0.376 e. The Kier molecular flexibility index (Phi) is 7.01. The summed E-state index contributed by atoms with van der Waals surface area (Å²) in [6.45, 7) is 8.58. The quantitative estimate of drug-likeness (QED) is 0.648. The van der Waals surface area contributed by atoms with Gasteiger partial charge in [-0.05, 0) is 33.6 Å². The van der Waals surface area contributed by atoms with Crippen LogP contribution < -0.4 is 5.32 Å². The predicted octanol–water partition coefficient (Wildman–Crippen LogP) is 2.35. The third-order valence-corrected chi connectivity index (χ3v) is 2.99. The van der Waals surface area contributed by atoms with Crippen LogP contribution in [-0.2, 0) is 9.47 Å². The summed E-state index contributed by atoms with van der Waals surface area (Å²) in [5.41, 5.74) is 0. The van der Waals surface area contributed by atoms with Gasteiger partial charge in [-0.15, -0.1) is 0 Å². The summed E-state index contributed by atoms with van der Waals surface area (Å²) in [6, 6.07) is 0.734. The second-order valence-electron chi connectivity index (χ2n) is 4.99. The van der Waals surface area contributed by atoms with Crippen LogP contribution in [0.15, 0.2) is 0 Å². The fraction of sp³-hybridized carbons (Fsp3) is 1.00. The number of nitrogens with one attached hydrogen (secondary N) is 1. The van der Waals surface area contributed by atoms with Crippen LogP contribution in [-0.4, -0.2) is 38.0 Å². The van der Waals surface area contributed by atoms with Crippen LogP contribution in [0.2, 0.25) is 0 Å². The van der Waals surface area contributed by atoms with Gasteiger partial charge in [0.1, 0.15) is 0 Å². The first kappa shape index (κ1) is 13.9. The zero-order chi connectivity index (χ0) is 11.8. The Morgan fingerprint density at radius 1 is 1.06 bits per heavy atom. The molecule has 1 aliphatic carbocycles. The van der Waals surface area contributed by atoms with E-state index in [1.54, 1.807) is 0 Å². The lowest BCUT2D eigenvalue weighted by Crippen LogP contribution is -2.34. The van der Waals surface area contributed by atoms with E-state index < -0.39 is 0 Å². The van der Waals surface area contributed by atoms with Crippen molar-refractivity contribution in [2.45, 2.75) is 64.7 Å². The van der Waals surface area contributed by atoms with Gasteiger partial charge in [0.05, 0.1) is 25.4 Å². The number of ether oxygens (including phenoxy) is 2. The van der Waals surface area contributed by atoms with Gasteiger partial charge in [0.15, 0.2) is 0 Å². The molecule has 1 atom stereocenters. The molecule has 0 spiro atoms. The summed E-state index contributed by atoms with van der Waals surface area (Å²) in [6.07, 6.45) is 6.03. The smallest absolute Gasteiger partial charge is 0.0704 e. The third-order valence-electron chi connectivity index (χ3n) is 2.99. The van der Waals surface area contributed by atoms with Crippen LogP contribution in [0.4, 0.5) is 0 Å². The fourth-order valence-corrected chi connectivity index (χ4v) is 2.05. The molecule has 0 heterocycles. The summed E-state index contributed by atoms with van der Waals surface area (Å²) < 4.78 is 11.1. The summed E-state index contributed by atoms with van der Waals surface area (Å²) in [5, 5.41) is 3.57. The lowest BCUT2D eigenvalue weighted by Gasteiger charge is -2.18. The van der Waals surface area contributed by atoms with Gasteiger partial charge in [0, 0.05) is 12.6 Å². The maximum atomic E-state index is 5.66. The molecule has 0 aromatic carbocycles. The zero-order valence-corrected chi connectivity index (χ0v) is 11.0. The standard InChI is InChI=1S/C13H27NO2/c1-11(2)15-8-9-16-12(3)10-14-13-6-4-5-7-13/h11-14H,4-10H2,1-3H3. The molecule has 0 amide bonds. The van der Waals surface area contributed by atoms with Crippen LogP contribution in [0.3, 0.4) is 0 Å². The molecule has 96 valence electrons. The fourth-order valence-electron chi connectivity index (χ4n) is 2.05. The Labute approximate surface area is 99.9 Å². The SMILES string of the molecule is CC(C)OCCOC(C)CNC1CCCC1. The highest BCUT2D eigenvalue weighted by atomic mass is 16.5. The topological polar surface area (TPSA) is 30.5 Å². The molecule has 1 fully saturated rings. The van der Waals surface area contributed by atoms with Crippen LogP contribution in [0.25, 0.3) is 0 Å². The van der Waals surface area contributed by atoms with Crippen molar-refractivity contribution in [1.82, 2.24) is 5.32 Å². The van der Waals surface area contributed by atoms with E-state index in [4.69, 9.17) is 9.47 Å². The summed E-state index contributed by atoms with van der Waals surface area (Å²) in [5.74, 6) is 0. The third kappa shape index (κ3) is 6.46. The van der Waals surface area contributed by atoms with Crippen molar-refractivity contribution in [1.29, 1.82) is 0 Å². The molecule has 1 rings (SSSR count). The molecule has 0 bridgehead atoms. The maximum absolute atomic E-state index is 5.66. The Morgan fingerprint density at radius 3 is 2.31 bits per heavy atom. The summed E-state index contributed by atoms with van der Waals surface area (Å²) in [4.78, 5) is 0. The van der Waals surface area contributed by atoms with Gasteiger partial charge < -0.3 is 14.8 Å². The lowest BCUT2D eigenvalue weighted by molar-refractivity contribution is -0.00671. The molecule has 1 N–H and O–H groups in total. The first-order valence-electron chi connectivity index (χ1n) is 6.65. The molecule has 0 aromatic heterocycles. The van der Waals surface area contributed by atoms with Crippen molar-refractivity contribution in [3.8, 4) is 0 Å². The average Bonchev–Trinajstić information content (AvgIpc) is 2.74. The molecule has 0 aliphatic heterocycles. The van der Waals surface area contributed by atoms with Crippen LogP contribution in [0, 0.1) is 0 Å². The molecule has 0 saturated heterocycles. The lowest BCUT2D eigenvalue weighted by atomic mass is 10.2. The Morgan fingerprint density at radius 2 is 1.69 bits per heavy atom. The first-order valence-corrected chi connectivity index (χ1v) is 6.65. The Balaban J connectivity index is 1.91. The molecule has 16 heavy (non-hydrogen) atoms. The molecule has 1 aliphatic rings. The van der Waals surface area contributed by atoms with Crippen LogP contribution >= 0.6 is 0 Å². The average molecular weight is 229 g/mol. The number of hydrogen-bond acceptors (Lipinski definition) is 3. The van der Waals surface area contributed by atoms with Gasteiger partial charge >= 0.3 is 0 Å². The highest BCUT2D eigenvalue weighted by Gasteiger charge is 2.14. The van der Waals surface area contributed by atoms with Crippen molar-refractivity contribution in [2.75, 3.05) is 19.8 Å². The van der Waals surface area contributed by atoms with Crippen molar-refractivity contribution in [2.24, 2.45) is 0 Å². The van der Waals surface area contributed by atoms with Crippen LogP contribution in [0.5, 0.6) is 0 Å². The van der Waals surface area contributed by atoms with Crippen LogP contribution in [0.1, 0.15) is 46.5 Å². The summed E-state index contributed by atoms with van der Waals surface area (Å²) in [7, 11) is 0. The van der Waals surface area contributed by atoms with Crippen molar-refractivity contribution < 1.29 is 9.47 Å². The monoisotopic (exact) mass is 229 g/mol. The van der Waals surface area contributed by atoms with Crippen molar-refractivity contribution in [3.63, 3.8) is 0 Å². The Hall–Kier alpha value is -0.120. The molecular formula is C13H27NO2. The van der Waals surface area contributed by atoms with Gasteiger partial charge in [0.2, 0.25) is 0 Å². The van der Waals surface area contributed by atoms with Gasteiger partial charge in [-0.25, -0.2) is 0 Å². The molecule has 1 saturated carbocycles. The zero-order valence-electron chi connectivity index (χ0n) is 11.0. The van der Waals surface area contributed by atoms with Gasteiger partial charge in [-0.1, -0.05) is 12.8 Å². The van der Waals surface area contributed by atoms with E-state index in [2.05, 4.69) is 12.2 Å². The second kappa shape index (κ2) is 8.04. The summed E-state index contributed by atoms with van der Waals surface area (Å²) >= 11 is 0. The first-order chi connectivity index (χ1) is 7.68. The largest absolute Gasteiger partial charge is 0.376 e. The van der Waals surface area contributed by atoms with E-state index in [0.29, 0.717) is 19.3 Å². The predicted molar refractivity (Wildman–Crippen MR) is 66.8 cm³/mol.